The van der Waals surface area contributed by atoms with Crippen molar-refractivity contribution >= 4 is 5.97 Å². The maximum Gasteiger partial charge on any atom is 0.339 e. The minimum atomic E-state index is -1.20. The second-order valence-corrected chi connectivity index (χ2v) is 3.56. The molecule has 19 heavy (non-hydrogen) atoms. The molecule has 0 amide bonds. The van der Waals surface area contributed by atoms with Crippen molar-refractivity contribution in [1.29, 1.82) is 0 Å². The summed E-state index contributed by atoms with van der Waals surface area (Å²) in [5, 5.41) is 9.08. The van der Waals surface area contributed by atoms with Crippen LogP contribution in [0, 0.1) is 5.82 Å². The minimum Gasteiger partial charge on any atom is -0.497 e. The van der Waals surface area contributed by atoms with Crippen LogP contribution in [0.25, 0.3) is 0 Å². The molecule has 0 spiro atoms. The van der Waals surface area contributed by atoms with Crippen LogP contribution in [-0.4, -0.2) is 23.2 Å². The largest absolute Gasteiger partial charge is 0.497 e. The van der Waals surface area contributed by atoms with E-state index in [-0.39, 0.29) is 17.2 Å². The van der Waals surface area contributed by atoms with Crippen molar-refractivity contribution in [2.45, 2.75) is 0 Å². The van der Waals surface area contributed by atoms with E-state index >= 15 is 0 Å². The highest BCUT2D eigenvalue weighted by atomic mass is 19.1. The number of carbonyl (C=O) groups is 1. The van der Waals surface area contributed by atoms with Gasteiger partial charge in [-0.05, 0) is 30.3 Å². The zero-order valence-corrected chi connectivity index (χ0v) is 9.96. The van der Waals surface area contributed by atoms with Crippen LogP contribution in [0.15, 0.2) is 36.5 Å². The van der Waals surface area contributed by atoms with Crippen LogP contribution in [0.5, 0.6) is 17.4 Å². The molecule has 0 radical (unpaired) electrons. The SMILES string of the molecule is COc1ccc(Oc2ncccc2F)c(C(=O)O)c1. The summed E-state index contributed by atoms with van der Waals surface area (Å²) >= 11 is 0. The van der Waals surface area contributed by atoms with Gasteiger partial charge in [-0.15, -0.1) is 0 Å². The standard InChI is InChI=1S/C13H10FNO4/c1-18-8-4-5-11(9(7-8)13(16)17)19-12-10(14)3-2-6-15-12/h2-7H,1H3,(H,16,17). The third-order valence-corrected chi connectivity index (χ3v) is 2.35. The van der Waals surface area contributed by atoms with E-state index in [1.165, 1.54) is 43.6 Å². The van der Waals surface area contributed by atoms with Crippen molar-refractivity contribution in [3.8, 4) is 17.4 Å². The molecule has 0 saturated carbocycles. The molecule has 0 unspecified atom stereocenters. The van der Waals surface area contributed by atoms with Gasteiger partial charge >= 0.3 is 5.97 Å². The maximum absolute atomic E-state index is 13.4. The highest BCUT2D eigenvalue weighted by Gasteiger charge is 2.15. The average Bonchev–Trinajstić information content (AvgIpc) is 2.41. The van der Waals surface area contributed by atoms with E-state index in [2.05, 4.69) is 4.98 Å². The van der Waals surface area contributed by atoms with E-state index in [1.54, 1.807) is 0 Å². The van der Waals surface area contributed by atoms with Gasteiger partial charge in [0.1, 0.15) is 17.1 Å². The van der Waals surface area contributed by atoms with Gasteiger partial charge in [-0.2, -0.15) is 0 Å². The smallest absolute Gasteiger partial charge is 0.339 e. The Morgan fingerprint density at radius 2 is 2.16 bits per heavy atom. The Morgan fingerprint density at radius 1 is 1.37 bits per heavy atom. The normalized spacial score (nSPS) is 10.0. The Labute approximate surface area is 108 Å². The van der Waals surface area contributed by atoms with Gasteiger partial charge in [0.15, 0.2) is 5.82 Å². The summed E-state index contributed by atoms with van der Waals surface area (Å²) < 4.78 is 23.5. The van der Waals surface area contributed by atoms with Gasteiger partial charge in [-0.1, -0.05) is 0 Å². The molecule has 0 fully saturated rings. The number of carboxylic acids is 1. The Morgan fingerprint density at radius 3 is 2.79 bits per heavy atom. The number of pyridine rings is 1. The monoisotopic (exact) mass is 263 g/mol. The molecule has 2 aromatic rings. The number of halogens is 1. The van der Waals surface area contributed by atoms with Crippen molar-refractivity contribution in [3.63, 3.8) is 0 Å². The second-order valence-electron chi connectivity index (χ2n) is 3.56. The summed E-state index contributed by atoms with van der Waals surface area (Å²) in [6, 6.07) is 6.78. The fourth-order valence-corrected chi connectivity index (χ4v) is 1.44. The Kier molecular flexibility index (Phi) is 3.61. The lowest BCUT2D eigenvalue weighted by molar-refractivity contribution is 0.0693. The minimum absolute atomic E-state index is 0.00843. The molecule has 0 bridgehead atoms. The summed E-state index contributed by atoms with van der Waals surface area (Å²) in [6.45, 7) is 0. The van der Waals surface area contributed by atoms with Crippen LogP contribution >= 0.6 is 0 Å². The predicted molar refractivity (Wildman–Crippen MR) is 64.2 cm³/mol. The Bertz CT molecular complexity index is 615. The quantitative estimate of drug-likeness (QED) is 0.918. The molecule has 1 aromatic carbocycles. The number of methoxy groups -OCH3 is 1. The van der Waals surface area contributed by atoms with E-state index in [4.69, 9.17) is 14.6 Å². The van der Waals surface area contributed by atoms with Crippen molar-refractivity contribution in [3.05, 3.63) is 47.9 Å². The molecule has 0 saturated heterocycles. The van der Waals surface area contributed by atoms with Gasteiger partial charge in [0.05, 0.1) is 7.11 Å². The van der Waals surface area contributed by atoms with Gasteiger partial charge in [0, 0.05) is 6.20 Å². The van der Waals surface area contributed by atoms with E-state index in [1.807, 2.05) is 0 Å². The molecule has 2 rings (SSSR count). The Balaban J connectivity index is 2.40. The number of hydrogen-bond acceptors (Lipinski definition) is 4. The first kappa shape index (κ1) is 12.8. The first-order valence-electron chi connectivity index (χ1n) is 5.31. The predicted octanol–water partition coefficient (Wildman–Crippen LogP) is 2.72. The van der Waals surface area contributed by atoms with Crippen molar-refractivity contribution in [2.24, 2.45) is 0 Å². The molecule has 0 atom stereocenters. The highest BCUT2D eigenvalue weighted by molar-refractivity contribution is 5.91. The molecule has 0 aliphatic carbocycles. The van der Waals surface area contributed by atoms with Gasteiger partial charge < -0.3 is 14.6 Å². The first-order chi connectivity index (χ1) is 9.11. The molecule has 1 heterocycles. The van der Waals surface area contributed by atoms with Crippen LogP contribution in [0.4, 0.5) is 4.39 Å². The third kappa shape index (κ3) is 2.79. The number of benzene rings is 1. The van der Waals surface area contributed by atoms with Crippen molar-refractivity contribution in [2.75, 3.05) is 7.11 Å². The van der Waals surface area contributed by atoms with Crippen LogP contribution in [0.1, 0.15) is 10.4 Å². The van der Waals surface area contributed by atoms with Crippen molar-refractivity contribution < 1.29 is 23.8 Å². The van der Waals surface area contributed by atoms with Crippen molar-refractivity contribution in [1.82, 2.24) is 4.98 Å². The van der Waals surface area contributed by atoms with E-state index in [0.29, 0.717) is 5.75 Å². The number of aromatic carboxylic acids is 1. The molecular formula is C13H10FNO4. The average molecular weight is 263 g/mol. The molecule has 5 nitrogen and oxygen atoms in total. The summed E-state index contributed by atoms with van der Waals surface area (Å²) in [7, 11) is 1.42. The lowest BCUT2D eigenvalue weighted by Crippen LogP contribution is -2.02. The molecule has 0 aliphatic heterocycles. The third-order valence-electron chi connectivity index (χ3n) is 2.35. The lowest BCUT2D eigenvalue weighted by atomic mass is 10.2. The maximum atomic E-state index is 13.4. The van der Waals surface area contributed by atoms with E-state index in [0.717, 1.165) is 0 Å². The fourth-order valence-electron chi connectivity index (χ4n) is 1.44. The number of hydrogen-bond donors (Lipinski definition) is 1. The highest BCUT2D eigenvalue weighted by Crippen LogP contribution is 2.28. The summed E-state index contributed by atoms with van der Waals surface area (Å²) in [6.07, 6.45) is 1.35. The van der Waals surface area contributed by atoms with Gasteiger partial charge in [-0.25, -0.2) is 14.2 Å². The number of aromatic nitrogens is 1. The molecule has 6 heteroatoms. The van der Waals surface area contributed by atoms with Gasteiger partial charge in [-0.3, -0.25) is 0 Å². The second kappa shape index (κ2) is 5.34. The number of nitrogens with zero attached hydrogens (tertiary/aromatic N) is 1. The number of rotatable bonds is 4. The fraction of sp³-hybridized carbons (Fsp3) is 0.0769. The number of carboxylic acid groups (broad SMARTS) is 1. The zero-order valence-electron chi connectivity index (χ0n) is 9.96. The summed E-state index contributed by atoms with van der Waals surface area (Å²) in [5.74, 6) is -1.80. The van der Waals surface area contributed by atoms with Crippen LogP contribution in [0.3, 0.4) is 0 Å². The van der Waals surface area contributed by atoms with E-state index in [9.17, 15) is 9.18 Å². The van der Waals surface area contributed by atoms with Crippen LogP contribution in [-0.2, 0) is 0 Å². The topological polar surface area (TPSA) is 68.7 Å². The van der Waals surface area contributed by atoms with Crippen LogP contribution < -0.4 is 9.47 Å². The summed E-state index contributed by atoms with van der Waals surface area (Å²) in [4.78, 5) is 14.8. The number of ether oxygens (including phenoxy) is 2. The van der Waals surface area contributed by atoms with Gasteiger partial charge in [0.25, 0.3) is 5.88 Å². The lowest BCUT2D eigenvalue weighted by Gasteiger charge is -2.09. The molecular weight excluding hydrogens is 253 g/mol. The van der Waals surface area contributed by atoms with Crippen LogP contribution in [0.2, 0.25) is 0 Å². The first-order valence-corrected chi connectivity index (χ1v) is 5.31. The molecule has 0 aliphatic rings. The molecule has 1 N–H and O–H groups in total. The van der Waals surface area contributed by atoms with E-state index < -0.39 is 11.8 Å². The van der Waals surface area contributed by atoms with Gasteiger partial charge in [0.2, 0.25) is 0 Å². The molecule has 1 aromatic heterocycles. The molecule has 98 valence electrons. The zero-order chi connectivity index (χ0) is 13.8. The Hall–Kier alpha value is -2.63. The summed E-state index contributed by atoms with van der Waals surface area (Å²) in [5.41, 5.74) is -0.135.